The molecule has 0 spiro atoms. The van der Waals surface area contributed by atoms with Crippen LogP contribution in [0, 0.1) is 6.92 Å². The predicted molar refractivity (Wildman–Crippen MR) is 76.7 cm³/mol. The van der Waals surface area contributed by atoms with Gasteiger partial charge in [0, 0.05) is 30.7 Å². The molecule has 0 unspecified atom stereocenters. The monoisotopic (exact) mass is 255 g/mol. The first-order chi connectivity index (χ1) is 9.19. The summed E-state index contributed by atoms with van der Waals surface area (Å²) in [6.07, 6.45) is 6.82. The Morgan fingerprint density at radius 2 is 2.11 bits per heavy atom. The van der Waals surface area contributed by atoms with Gasteiger partial charge in [0.1, 0.15) is 5.82 Å². The molecule has 0 bridgehead atoms. The molecule has 0 aliphatic heterocycles. The second kappa shape index (κ2) is 6.00. The van der Waals surface area contributed by atoms with Gasteiger partial charge in [0.2, 0.25) is 5.91 Å². The fraction of sp³-hybridized carbons (Fsp3) is 0.200. The van der Waals surface area contributed by atoms with Gasteiger partial charge in [0.05, 0.1) is 0 Å². The summed E-state index contributed by atoms with van der Waals surface area (Å²) >= 11 is 0. The molecule has 0 saturated carbocycles. The molecule has 0 saturated heterocycles. The molecule has 19 heavy (non-hydrogen) atoms. The molecule has 1 N–H and O–H groups in total. The molecule has 0 aliphatic rings. The molecule has 0 fully saturated rings. The molecule has 2 aromatic rings. The maximum atomic E-state index is 11.8. The lowest BCUT2D eigenvalue weighted by atomic mass is 10.2. The molecule has 4 nitrogen and oxygen atoms in total. The first-order valence-electron chi connectivity index (χ1n) is 6.26. The third-order valence-electron chi connectivity index (χ3n) is 2.79. The summed E-state index contributed by atoms with van der Waals surface area (Å²) in [4.78, 5) is 15.9. The summed E-state index contributed by atoms with van der Waals surface area (Å²) in [5.74, 6) is 0.621. The summed E-state index contributed by atoms with van der Waals surface area (Å²) in [6, 6.07) is 7.69. The average Bonchev–Trinajstić information content (AvgIpc) is 2.86. The SMILES string of the molecule is CCn1ccnc1/C=C/C(=O)Nc1ccc(C)cc1. The highest BCUT2D eigenvalue weighted by Gasteiger charge is 1.99. The lowest BCUT2D eigenvalue weighted by Crippen LogP contribution is -2.08. The van der Waals surface area contributed by atoms with Gasteiger partial charge in [-0.15, -0.1) is 0 Å². The Hall–Kier alpha value is -2.36. The molecule has 1 amide bonds. The second-order valence-electron chi connectivity index (χ2n) is 4.26. The van der Waals surface area contributed by atoms with E-state index >= 15 is 0 Å². The molecule has 1 heterocycles. The Bertz CT molecular complexity index is 582. The topological polar surface area (TPSA) is 46.9 Å². The first kappa shape index (κ1) is 13.1. The number of imidazole rings is 1. The number of hydrogen-bond donors (Lipinski definition) is 1. The van der Waals surface area contributed by atoms with Crippen molar-refractivity contribution in [1.82, 2.24) is 9.55 Å². The smallest absolute Gasteiger partial charge is 0.248 e. The Morgan fingerprint density at radius 3 is 2.79 bits per heavy atom. The van der Waals surface area contributed by atoms with Crippen molar-refractivity contribution in [3.05, 3.63) is 54.1 Å². The van der Waals surface area contributed by atoms with Crippen molar-refractivity contribution in [3.63, 3.8) is 0 Å². The summed E-state index contributed by atoms with van der Waals surface area (Å²) in [5.41, 5.74) is 1.96. The fourth-order valence-corrected chi connectivity index (χ4v) is 1.72. The van der Waals surface area contributed by atoms with Crippen LogP contribution >= 0.6 is 0 Å². The van der Waals surface area contributed by atoms with Crippen LogP contribution in [0.25, 0.3) is 6.08 Å². The number of rotatable bonds is 4. The van der Waals surface area contributed by atoms with Crippen molar-refractivity contribution < 1.29 is 4.79 Å². The first-order valence-corrected chi connectivity index (χ1v) is 6.26. The van der Waals surface area contributed by atoms with E-state index in [0.29, 0.717) is 0 Å². The van der Waals surface area contributed by atoms with Crippen molar-refractivity contribution in [2.75, 3.05) is 5.32 Å². The van der Waals surface area contributed by atoms with Gasteiger partial charge >= 0.3 is 0 Å². The van der Waals surface area contributed by atoms with Crippen molar-refractivity contribution in [2.45, 2.75) is 20.4 Å². The second-order valence-corrected chi connectivity index (χ2v) is 4.26. The van der Waals surface area contributed by atoms with E-state index in [4.69, 9.17) is 0 Å². The predicted octanol–water partition coefficient (Wildman–Crippen LogP) is 2.86. The van der Waals surface area contributed by atoms with Crippen LogP contribution in [0.2, 0.25) is 0 Å². The van der Waals surface area contributed by atoms with Crippen LogP contribution in [0.3, 0.4) is 0 Å². The number of carbonyl (C=O) groups is 1. The molecule has 0 aliphatic carbocycles. The lowest BCUT2D eigenvalue weighted by molar-refractivity contribution is -0.111. The van der Waals surface area contributed by atoms with Gasteiger partial charge in [-0.25, -0.2) is 4.98 Å². The maximum Gasteiger partial charge on any atom is 0.248 e. The number of hydrogen-bond acceptors (Lipinski definition) is 2. The highest BCUT2D eigenvalue weighted by atomic mass is 16.1. The van der Waals surface area contributed by atoms with Gasteiger partial charge in [-0.3, -0.25) is 4.79 Å². The Morgan fingerprint density at radius 1 is 1.37 bits per heavy atom. The van der Waals surface area contributed by atoms with Crippen LogP contribution in [-0.4, -0.2) is 15.5 Å². The standard InChI is InChI=1S/C15H17N3O/c1-3-18-11-10-16-14(18)8-9-15(19)17-13-6-4-12(2)5-7-13/h4-11H,3H2,1-2H3,(H,17,19)/b9-8+. The third-order valence-corrected chi connectivity index (χ3v) is 2.79. The molecule has 0 atom stereocenters. The summed E-state index contributed by atoms with van der Waals surface area (Å²) < 4.78 is 1.97. The lowest BCUT2D eigenvalue weighted by Gasteiger charge is -2.02. The van der Waals surface area contributed by atoms with Gasteiger partial charge in [-0.2, -0.15) is 0 Å². The molecular weight excluding hydrogens is 238 g/mol. The van der Waals surface area contributed by atoms with Crippen LogP contribution < -0.4 is 5.32 Å². The van der Waals surface area contributed by atoms with Crippen molar-refractivity contribution >= 4 is 17.7 Å². The number of carbonyl (C=O) groups excluding carboxylic acids is 1. The molecule has 98 valence electrons. The quantitative estimate of drug-likeness (QED) is 0.854. The maximum absolute atomic E-state index is 11.8. The molecule has 1 aromatic carbocycles. The minimum atomic E-state index is -0.158. The molecule has 1 aromatic heterocycles. The van der Waals surface area contributed by atoms with Crippen molar-refractivity contribution in [3.8, 4) is 0 Å². The fourth-order valence-electron chi connectivity index (χ4n) is 1.72. The molecular formula is C15H17N3O. The number of aryl methyl sites for hydroxylation is 2. The van der Waals surface area contributed by atoms with Crippen molar-refractivity contribution in [2.24, 2.45) is 0 Å². The highest BCUT2D eigenvalue weighted by Crippen LogP contribution is 2.08. The Balaban J connectivity index is 1.99. The van der Waals surface area contributed by atoms with Crippen LogP contribution in [0.1, 0.15) is 18.3 Å². The van der Waals surface area contributed by atoms with Gasteiger partial charge in [0.25, 0.3) is 0 Å². The van der Waals surface area contributed by atoms with Crippen LogP contribution in [0.5, 0.6) is 0 Å². The molecule has 2 rings (SSSR count). The van der Waals surface area contributed by atoms with E-state index < -0.39 is 0 Å². The van der Waals surface area contributed by atoms with E-state index in [9.17, 15) is 4.79 Å². The van der Waals surface area contributed by atoms with Gasteiger partial charge in [-0.05, 0) is 32.1 Å². The number of aromatic nitrogens is 2. The van der Waals surface area contributed by atoms with E-state index in [0.717, 1.165) is 18.1 Å². The van der Waals surface area contributed by atoms with E-state index in [-0.39, 0.29) is 5.91 Å². The number of anilines is 1. The zero-order valence-corrected chi connectivity index (χ0v) is 11.1. The number of nitrogens with zero attached hydrogens (tertiary/aromatic N) is 2. The average molecular weight is 255 g/mol. The Labute approximate surface area is 112 Å². The molecule has 4 heteroatoms. The zero-order chi connectivity index (χ0) is 13.7. The van der Waals surface area contributed by atoms with Gasteiger partial charge < -0.3 is 9.88 Å². The number of amides is 1. The van der Waals surface area contributed by atoms with Gasteiger partial charge in [-0.1, -0.05) is 17.7 Å². The van der Waals surface area contributed by atoms with E-state index in [1.165, 1.54) is 11.6 Å². The number of nitrogens with one attached hydrogen (secondary N) is 1. The zero-order valence-electron chi connectivity index (χ0n) is 11.1. The van der Waals surface area contributed by atoms with Crippen LogP contribution in [-0.2, 0) is 11.3 Å². The molecule has 0 radical (unpaired) electrons. The van der Waals surface area contributed by atoms with Crippen molar-refractivity contribution in [1.29, 1.82) is 0 Å². The number of benzene rings is 1. The van der Waals surface area contributed by atoms with E-state index in [1.54, 1.807) is 12.3 Å². The third kappa shape index (κ3) is 3.55. The van der Waals surface area contributed by atoms with E-state index in [2.05, 4.69) is 10.3 Å². The minimum Gasteiger partial charge on any atom is -0.332 e. The largest absolute Gasteiger partial charge is 0.332 e. The van der Waals surface area contributed by atoms with Gasteiger partial charge in [0.15, 0.2) is 0 Å². The van der Waals surface area contributed by atoms with Crippen LogP contribution in [0.15, 0.2) is 42.7 Å². The highest BCUT2D eigenvalue weighted by molar-refractivity contribution is 6.01. The van der Waals surface area contributed by atoms with Crippen LogP contribution in [0.4, 0.5) is 5.69 Å². The summed E-state index contributed by atoms with van der Waals surface area (Å²) in [7, 11) is 0. The normalized spacial score (nSPS) is 10.8. The minimum absolute atomic E-state index is 0.158. The summed E-state index contributed by atoms with van der Waals surface area (Å²) in [6.45, 7) is 4.88. The Kier molecular flexibility index (Phi) is 4.13. The van der Waals surface area contributed by atoms with E-state index in [1.807, 2.05) is 48.9 Å². The summed E-state index contributed by atoms with van der Waals surface area (Å²) in [5, 5.41) is 2.81.